The third kappa shape index (κ3) is 3.78. The second-order valence-electron chi connectivity index (χ2n) is 7.30. The van der Waals surface area contributed by atoms with Crippen LogP contribution in [0.2, 0.25) is 0 Å². The van der Waals surface area contributed by atoms with Crippen LogP contribution in [0.1, 0.15) is 16.0 Å². The number of rotatable bonds is 5. The minimum absolute atomic E-state index is 0.106. The highest BCUT2D eigenvalue weighted by Gasteiger charge is 2.35. The molecular formula is C24H22FNO2S2. The Bertz CT molecular complexity index is 1200. The van der Waals surface area contributed by atoms with Gasteiger partial charge in [0.05, 0.1) is 4.90 Å². The minimum Gasteiger partial charge on any atom is -0.207 e. The van der Waals surface area contributed by atoms with Crippen LogP contribution in [0.15, 0.2) is 83.6 Å². The number of halogens is 1. The predicted molar refractivity (Wildman–Crippen MR) is 121 cm³/mol. The van der Waals surface area contributed by atoms with Crippen molar-refractivity contribution < 1.29 is 12.8 Å². The van der Waals surface area contributed by atoms with E-state index in [1.165, 1.54) is 10.4 Å². The van der Waals surface area contributed by atoms with Crippen LogP contribution in [0.3, 0.4) is 0 Å². The van der Waals surface area contributed by atoms with E-state index in [0.717, 1.165) is 16.0 Å². The number of hydrogen-bond donors (Lipinski definition) is 0. The lowest BCUT2D eigenvalue weighted by atomic mass is 9.86. The molecular weight excluding hydrogens is 417 g/mol. The maximum Gasteiger partial charge on any atom is 0.243 e. The van der Waals surface area contributed by atoms with E-state index in [0.29, 0.717) is 11.1 Å². The van der Waals surface area contributed by atoms with Gasteiger partial charge in [0.15, 0.2) is 0 Å². The van der Waals surface area contributed by atoms with Gasteiger partial charge in [0, 0.05) is 29.4 Å². The Morgan fingerprint density at radius 3 is 2.47 bits per heavy atom. The number of hydrogen-bond acceptors (Lipinski definition) is 3. The summed E-state index contributed by atoms with van der Waals surface area (Å²) < 4.78 is 43.0. The molecule has 6 heteroatoms. The molecule has 0 unspecified atom stereocenters. The Balaban J connectivity index is 1.87. The Morgan fingerprint density at radius 2 is 1.83 bits per heavy atom. The molecule has 1 aliphatic rings. The topological polar surface area (TPSA) is 37.4 Å². The summed E-state index contributed by atoms with van der Waals surface area (Å²) in [5, 5.41) is 1.97. The average Bonchev–Trinajstić information content (AvgIpc) is 3.28. The first-order valence-electron chi connectivity index (χ1n) is 9.63. The van der Waals surface area contributed by atoms with Crippen molar-refractivity contribution in [2.75, 3.05) is 13.1 Å². The van der Waals surface area contributed by atoms with Crippen LogP contribution >= 0.6 is 11.3 Å². The van der Waals surface area contributed by atoms with Crippen molar-refractivity contribution in [3.8, 4) is 0 Å². The summed E-state index contributed by atoms with van der Waals surface area (Å²) in [5.41, 5.74) is 3.04. The van der Waals surface area contributed by atoms with Crippen molar-refractivity contribution in [1.29, 1.82) is 0 Å². The number of aryl methyl sites for hydroxylation is 1. The Labute approximate surface area is 180 Å². The van der Waals surface area contributed by atoms with E-state index in [1.807, 2.05) is 24.4 Å². The van der Waals surface area contributed by atoms with Gasteiger partial charge >= 0.3 is 0 Å². The lowest BCUT2D eigenvalue weighted by Crippen LogP contribution is -2.40. The molecule has 3 aromatic rings. The summed E-state index contributed by atoms with van der Waals surface area (Å²) in [6.07, 6.45) is 1.76. The van der Waals surface area contributed by atoms with E-state index in [4.69, 9.17) is 0 Å². The maximum atomic E-state index is 14.8. The molecule has 0 spiro atoms. The first kappa shape index (κ1) is 20.7. The zero-order valence-electron chi connectivity index (χ0n) is 16.6. The maximum absolute atomic E-state index is 14.8. The van der Waals surface area contributed by atoms with Crippen LogP contribution < -0.4 is 0 Å². The molecule has 0 aliphatic carbocycles. The predicted octanol–water partition coefficient (Wildman–Crippen LogP) is 5.61. The lowest BCUT2D eigenvalue weighted by molar-refractivity contribution is 0.420. The zero-order valence-corrected chi connectivity index (χ0v) is 18.2. The molecule has 0 amide bonds. The molecule has 0 fully saturated rings. The van der Waals surface area contributed by atoms with Crippen LogP contribution in [0.5, 0.6) is 0 Å². The van der Waals surface area contributed by atoms with Crippen molar-refractivity contribution in [2.24, 2.45) is 5.92 Å². The molecule has 0 saturated heterocycles. The van der Waals surface area contributed by atoms with Crippen LogP contribution in [-0.4, -0.2) is 25.8 Å². The quantitative estimate of drug-likeness (QED) is 0.485. The normalized spacial score (nSPS) is 17.9. The summed E-state index contributed by atoms with van der Waals surface area (Å²) in [4.78, 5) is 1.24. The molecule has 0 radical (unpaired) electrons. The number of benzene rings is 2. The third-order valence-electron chi connectivity index (χ3n) is 5.36. The number of thiophene rings is 1. The van der Waals surface area contributed by atoms with Crippen LogP contribution in [0, 0.1) is 18.7 Å². The molecule has 4 rings (SSSR count). The fourth-order valence-corrected chi connectivity index (χ4v) is 6.09. The molecule has 0 saturated carbocycles. The standard InChI is InChI=1S/C24H22FNO2S2/c1-3-18-15-26(30(27,28)19-12-10-17(2)11-13-19)16-21(20-7-4-5-8-22(20)25)24(18)23-9-6-14-29-23/h3-14,18H,1,15-16H2,2H3/t18-/m0/s1. The first-order chi connectivity index (χ1) is 14.4. The van der Waals surface area contributed by atoms with E-state index >= 15 is 0 Å². The lowest BCUT2D eigenvalue weighted by Gasteiger charge is -2.34. The molecule has 154 valence electrons. The van der Waals surface area contributed by atoms with Crippen molar-refractivity contribution in [3.05, 3.63) is 101 Å². The fourth-order valence-electron chi connectivity index (χ4n) is 3.79. The van der Waals surface area contributed by atoms with Gasteiger partial charge in [0.25, 0.3) is 0 Å². The van der Waals surface area contributed by atoms with Gasteiger partial charge in [-0.05, 0) is 47.7 Å². The van der Waals surface area contributed by atoms with Gasteiger partial charge in [0.1, 0.15) is 5.82 Å². The molecule has 1 atom stereocenters. The van der Waals surface area contributed by atoms with Gasteiger partial charge in [-0.15, -0.1) is 17.9 Å². The van der Waals surface area contributed by atoms with Gasteiger partial charge in [-0.2, -0.15) is 4.31 Å². The number of sulfonamides is 1. The third-order valence-corrected chi connectivity index (χ3v) is 8.09. The second kappa shape index (κ2) is 8.30. The summed E-state index contributed by atoms with van der Waals surface area (Å²) in [6.45, 7) is 6.24. The molecule has 3 nitrogen and oxygen atoms in total. The summed E-state index contributed by atoms with van der Waals surface area (Å²) in [6, 6.07) is 17.3. The van der Waals surface area contributed by atoms with Crippen molar-refractivity contribution in [1.82, 2.24) is 4.31 Å². The largest absolute Gasteiger partial charge is 0.243 e. The number of nitrogens with zero attached hydrogens (tertiary/aromatic N) is 1. The summed E-state index contributed by atoms with van der Waals surface area (Å²) in [5.74, 6) is -0.605. The van der Waals surface area contributed by atoms with E-state index < -0.39 is 10.0 Å². The molecule has 0 N–H and O–H groups in total. The molecule has 1 aliphatic heterocycles. The summed E-state index contributed by atoms with van der Waals surface area (Å²) in [7, 11) is -3.74. The van der Waals surface area contributed by atoms with E-state index in [-0.39, 0.29) is 29.7 Å². The smallest absolute Gasteiger partial charge is 0.207 e. The van der Waals surface area contributed by atoms with E-state index in [1.54, 1.807) is 59.9 Å². The molecule has 30 heavy (non-hydrogen) atoms. The zero-order chi connectivity index (χ0) is 21.3. The highest BCUT2D eigenvalue weighted by atomic mass is 32.2. The fraction of sp³-hybridized carbons (Fsp3) is 0.167. The monoisotopic (exact) mass is 439 g/mol. The van der Waals surface area contributed by atoms with Crippen LogP contribution in [0.25, 0.3) is 11.1 Å². The van der Waals surface area contributed by atoms with Crippen molar-refractivity contribution in [3.63, 3.8) is 0 Å². The van der Waals surface area contributed by atoms with Crippen molar-refractivity contribution in [2.45, 2.75) is 11.8 Å². The second-order valence-corrected chi connectivity index (χ2v) is 10.2. The van der Waals surface area contributed by atoms with Gasteiger partial charge in [-0.25, -0.2) is 12.8 Å². The molecule has 2 heterocycles. The Kier molecular flexibility index (Phi) is 5.73. The molecule has 0 bridgehead atoms. The highest BCUT2D eigenvalue weighted by molar-refractivity contribution is 7.89. The Hall–Kier alpha value is -2.54. The molecule has 2 aromatic carbocycles. The minimum atomic E-state index is -3.74. The van der Waals surface area contributed by atoms with Gasteiger partial charge in [-0.3, -0.25) is 0 Å². The summed E-state index contributed by atoms with van der Waals surface area (Å²) >= 11 is 1.56. The van der Waals surface area contributed by atoms with Crippen molar-refractivity contribution >= 4 is 32.5 Å². The first-order valence-corrected chi connectivity index (χ1v) is 11.9. The highest BCUT2D eigenvalue weighted by Crippen LogP contribution is 2.41. The SMILES string of the molecule is C=C[C@H]1CN(S(=O)(=O)c2ccc(C)cc2)CC(c2ccccc2F)=C1c1cccs1. The van der Waals surface area contributed by atoms with Gasteiger partial charge in [0.2, 0.25) is 10.0 Å². The van der Waals surface area contributed by atoms with Gasteiger partial charge in [-0.1, -0.05) is 48.0 Å². The van der Waals surface area contributed by atoms with E-state index in [9.17, 15) is 12.8 Å². The molecule has 1 aromatic heterocycles. The Morgan fingerprint density at radius 1 is 1.10 bits per heavy atom. The average molecular weight is 440 g/mol. The van der Waals surface area contributed by atoms with Gasteiger partial charge < -0.3 is 0 Å². The van der Waals surface area contributed by atoms with Crippen LogP contribution in [0.4, 0.5) is 4.39 Å². The van der Waals surface area contributed by atoms with Crippen LogP contribution in [-0.2, 0) is 10.0 Å². The van der Waals surface area contributed by atoms with E-state index in [2.05, 4.69) is 6.58 Å².